The van der Waals surface area contributed by atoms with Gasteiger partial charge in [-0.1, -0.05) is 104 Å². The molecule has 0 unspecified atom stereocenters. The van der Waals surface area contributed by atoms with Gasteiger partial charge in [-0.2, -0.15) is 25.3 Å². The molecular weight excluding hydrogens is 1800 g/mol. The van der Waals surface area contributed by atoms with Crippen LogP contribution in [0.1, 0.15) is 138 Å². The number of nitrogens with zero attached hydrogens (tertiary/aromatic N) is 1. The topological polar surface area (TPSA) is 685 Å². The molecular formula is C89H129N21O23S2. The van der Waals surface area contributed by atoms with Crippen LogP contribution in [0.2, 0.25) is 0 Å². The molecule has 5 aromatic rings. The van der Waals surface area contributed by atoms with Crippen LogP contribution in [0.4, 0.5) is 0 Å². The smallest absolute Gasteiger partial charge is 0.325 e. The van der Waals surface area contributed by atoms with Gasteiger partial charge in [-0.3, -0.25) is 91.1 Å². The first-order valence-corrected chi connectivity index (χ1v) is 45.7. The molecule has 18 amide bonds. The molecule has 0 radical (unpaired) electrons. The molecule has 3 aromatic carbocycles. The lowest BCUT2D eigenvalue weighted by atomic mass is 10.0. The number of aromatic nitrogens is 2. The lowest BCUT2D eigenvalue weighted by molar-refractivity contribution is -0.142. The number of phenolic OH excluding ortho intramolecular Hbond substituents is 1. The Balaban J connectivity index is 1.10. The number of rotatable bonds is 54. The fourth-order valence-electron chi connectivity index (χ4n) is 14.6. The van der Waals surface area contributed by atoms with E-state index in [0.717, 1.165) is 6.92 Å². The minimum absolute atomic E-state index is 0.00828. The second kappa shape index (κ2) is 53.8. The summed E-state index contributed by atoms with van der Waals surface area (Å²) < 4.78 is 0. The highest BCUT2D eigenvalue weighted by molar-refractivity contribution is 7.80. The molecule has 3 heterocycles. The first kappa shape index (κ1) is 111. The van der Waals surface area contributed by atoms with Gasteiger partial charge in [0.2, 0.25) is 106 Å². The third-order valence-electron chi connectivity index (χ3n) is 21.9. The monoisotopic (exact) mass is 1920 g/mol. The number of phenols is 1. The number of carbonyl (C=O) groups is 19. The van der Waals surface area contributed by atoms with Crippen molar-refractivity contribution in [3.05, 3.63) is 102 Å². The fraction of sp³-hybridized carbons (Fsp3) is 0.539. The Bertz CT molecular complexity index is 5010. The molecule has 0 saturated carbocycles. The number of aliphatic hydroxyl groups is 2. The van der Waals surface area contributed by atoms with Crippen LogP contribution in [0, 0.1) is 23.7 Å². The Morgan fingerprint density at radius 3 is 1.36 bits per heavy atom. The van der Waals surface area contributed by atoms with Crippen molar-refractivity contribution < 1.29 is 112 Å². The normalized spacial score (nSPS) is 15.8. The predicted molar refractivity (Wildman–Crippen MR) is 500 cm³/mol. The van der Waals surface area contributed by atoms with E-state index in [2.05, 4.69) is 120 Å². The van der Waals surface area contributed by atoms with Crippen molar-refractivity contribution in [1.82, 2.24) is 99.9 Å². The number of fused-ring (bicyclic) bond motifs is 2. The largest absolute Gasteiger partial charge is 0.508 e. The van der Waals surface area contributed by atoms with Gasteiger partial charge in [0.15, 0.2) is 0 Å². The lowest BCUT2D eigenvalue weighted by Crippen LogP contribution is -2.62. The zero-order chi connectivity index (χ0) is 100. The highest BCUT2D eigenvalue weighted by Crippen LogP contribution is 2.25. The highest BCUT2D eigenvalue weighted by atomic mass is 32.1. The van der Waals surface area contributed by atoms with Crippen molar-refractivity contribution in [3.63, 3.8) is 0 Å². The minimum Gasteiger partial charge on any atom is -0.508 e. The van der Waals surface area contributed by atoms with E-state index in [4.69, 9.17) is 11.5 Å². The number of hydrogen-bond acceptors (Lipinski definition) is 25. The van der Waals surface area contributed by atoms with Crippen LogP contribution >= 0.6 is 25.3 Å². The zero-order valence-electron chi connectivity index (χ0n) is 77.2. The number of para-hydroxylation sites is 2. The van der Waals surface area contributed by atoms with Crippen molar-refractivity contribution in [2.24, 2.45) is 35.1 Å². The van der Waals surface area contributed by atoms with Gasteiger partial charge in [-0.15, -0.1) is 0 Å². The number of H-pyrrole nitrogens is 2. The third-order valence-corrected chi connectivity index (χ3v) is 22.6. The van der Waals surface area contributed by atoms with Gasteiger partial charge >= 0.3 is 5.97 Å². The molecule has 6 rings (SSSR count). The summed E-state index contributed by atoms with van der Waals surface area (Å²) in [7, 11) is 0. The molecule has 0 aliphatic carbocycles. The number of nitrogens with one attached hydrogen (secondary N) is 18. The second-order valence-corrected chi connectivity index (χ2v) is 35.6. The average Bonchev–Trinajstić information content (AvgIpc) is 1.75. The number of carbonyl (C=O) groups excluding carboxylic acids is 18. The van der Waals surface area contributed by atoms with E-state index in [1.54, 1.807) is 88.6 Å². The molecule has 26 N–H and O–H groups in total. The summed E-state index contributed by atoms with van der Waals surface area (Å²) in [5.41, 5.74) is 14.2. The zero-order valence-corrected chi connectivity index (χ0v) is 79.0. The van der Waals surface area contributed by atoms with Gasteiger partial charge in [-0.25, -0.2) is 0 Å². The number of benzene rings is 3. The molecule has 46 heteroatoms. The van der Waals surface area contributed by atoms with E-state index in [9.17, 15) is 107 Å². The number of carboxylic acids is 1. The maximum absolute atomic E-state index is 15.0. The molecule has 1 aliphatic rings. The molecule has 0 bridgehead atoms. The Labute approximate surface area is 791 Å². The molecule has 0 spiro atoms. The summed E-state index contributed by atoms with van der Waals surface area (Å²) in [5, 5.41) is 82.3. The van der Waals surface area contributed by atoms with Crippen LogP contribution in [0.3, 0.4) is 0 Å². The number of amides is 18. The van der Waals surface area contributed by atoms with Crippen LogP contribution in [-0.4, -0.2) is 289 Å². The van der Waals surface area contributed by atoms with Gasteiger partial charge < -0.3 is 132 Å². The van der Waals surface area contributed by atoms with Crippen LogP contribution in [0.25, 0.3) is 21.8 Å². The quantitative estimate of drug-likeness (QED) is 0.0164. The average molecular weight is 1930 g/mol. The standard InChI is InChI=1S/C89H129N21O23S2/c1-43(2)29-56(90)76(119)106-67(42-135)84(127)101-59(26-27-69(91)114)78(121)105-65(40-111)82(125)102-60(30-44(3)4)77(120)95-39-72(117)108-73(46(7)8)86(129)109-74(49(11)112)87(130)104-64(32-50-22-24-53(113)25-23-50)88(131)110-28-16-21-68(110)85(128)96-38-71(116)99-62(33-51-35-92-57-19-14-12-17-54(51)57)80(123)103-61(31-45(5)6)79(122)97-47(9)75(118)94-37-70(115)100-63(34-52-36-93-58-20-15-13-18-55(52)58)81(124)107-66(41-134)83(126)98-48(10)89(132)133/h12-15,17-20,22-25,35-36,43-49,56,59-68,73-74,92-93,111-113,134-135H,16,21,26-34,37-42,90H2,1-11H3,(H2,91,114)(H,94,118)(H,95,120)(H,96,128)(H,97,122)(H,98,126)(H,99,116)(H,100,115)(H,101,127)(H,102,125)(H,103,123)(H,104,130)(H,105,121)(H,106,119)(H,107,124)(H,108,117)(H,109,129)(H,132,133)/t47-,48-,49+,56-,59-,60-,61-,62-,63-,64-,65-,66-,67-,68-,73-,74-/m0/s1. The number of aromatic amines is 2. The number of likely N-dealkylation sites (tertiary alicyclic amines) is 1. The first-order chi connectivity index (χ1) is 63.7. The Hall–Kier alpha value is -13.0. The summed E-state index contributed by atoms with van der Waals surface area (Å²) in [6.45, 7) is 13.9. The van der Waals surface area contributed by atoms with Crippen molar-refractivity contribution in [2.45, 2.75) is 237 Å². The van der Waals surface area contributed by atoms with Crippen molar-refractivity contribution in [1.29, 1.82) is 0 Å². The molecule has 740 valence electrons. The van der Waals surface area contributed by atoms with E-state index in [-0.39, 0.29) is 92.9 Å². The third kappa shape index (κ3) is 35.1. The maximum Gasteiger partial charge on any atom is 0.325 e. The van der Waals surface area contributed by atoms with Crippen molar-refractivity contribution >= 4 is 159 Å². The summed E-state index contributed by atoms with van der Waals surface area (Å²) in [6.07, 6.45) is 0.581. The Morgan fingerprint density at radius 1 is 0.444 bits per heavy atom. The number of primary amides is 1. The van der Waals surface area contributed by atoms with E-state index in [1.165, 1.54) is 56.9 Å². The second-order valence-electron chi connectivity index (χ2n) is 34.9. The molecule has 1 saturated heterocycles. The van der Waals surface area contributed by atoms with Crippen molar-refractivity contribution in [3.8, 4) is 5.75 Å². The molecule has 16 atom stereocenters. The number of thiol groups is 2. The van der Waals surface area contributed by atoms with Crippen LogP contribution in [-0.2, 0) is 110 Å². The van der Waals surface area contributed by atoms with Gasteiger partial charge in [0.1, 0.15) is 90.3 Å². The first-order valence-electron chi connectivity index (χ1n) is 44.4. The number of hydrogen-bond donors (Lipinski definition) is 26. The van der Waals surface area contributed by atoms with E-state index in [1.807, 2.05) is 13.8 Å². The molecule has 1 aliphatic heterocycles. The lowest BCUT2D eigenvalue weighted by Gasteiger charge is -2.31. The van der Waals surface area contributed by atoms with E-state index in [0.29, 0.717) is 38.5 Å². The molecule has 44 nitrogen and oxygen atoms in total. The fourth-order valence-corrected chi connectivity index (χ4v) is 15.2. The number of aliphatic carboxylic acids is 1. The minimum atomic E-state index is -1.85. The summed E-state index contributed by atoms with van der Waals surface area (Å²) in [4.78, 5) is 268. The highest BCUT2D eigenvalue weighted by Gasteiger charge is 2.42. The van der Waals surface area contributed by atoms with Gasteiger partial charge in [0, 0.05) is 77.9 Å². The molecule has 135 heavy (non-hydrogen) atoms. The number of aromatic hydroxyl groups is 1. The number of aliphatic hydroxyl groups excluding tert-OH is 2. The maximum atomic E-state index is 15.0. The Kier molecular flexibility index (Phi) is 44.2. The number of carboxylic acid groups (broad SMARTS) is 1. The van der Waals surface area contributed by atoms with Crippen molar-refractivity contribution in [2.75, 3.05) is 44.3 Å². The Morgan fingerprint density at radius 2 is 0.867 bits per heavy atom. The van der Waals surface area contributed by atoms with Gasteiger partial charge in [-0.05, 0) is 124 Å². The van der Waals surface area contributed by atoms with Gasteiger partial charge in [0.05, 0.1) is 38.4 Å². The van der Waals surface area contributed by atoms with E-state index < -0.39 is 254 Å². The predicted octanol–water partition coefficient (Wildman–Crippen LogP) is -4.23. The van der Waals surface area contributed by atoms with Crippen LogP contribution in [0.15, 0.2) is 85.2 Å². The van der Waals surface area contributed by atoms with E-state index >= 15 is 4.79 Å². The SMILES string of the molecule is CC(C)C[C@H](NC(=O)[C@H](CO)NC(=O)[C@H](CCC(N)=O)NC(=O)[C@H](CS)NC(=O)[C@@H](N)CC(C)C)C(=O)NCC(=O)N[C@H](C(=O)N[C@H](C(=O)N[C@@H](Cc1ccc(O)cc1)C(=O)N1CCC[C@H]1C(=O)NCC(=O)N[C@@H](Cc1c[nH]c2ccccc12)C(=O)N[C@@H](CC(C)C)C(=O)N[C@@H](C)C(=O)NCC(=O)N[C@@H](Cc1c[nH]c2ccccc12)C(=O)N[C@@H](CS)C(=O)N[C@@H](C)C(=O)O)[C@@H](C)O)C(C)C. The summed E-state index contributed by atoms with van der Waals surface area (Å²) in [5.74, 6) is -19.8. The van der Waals surface area contributed by atoms with Gasteiger partial charge in [0.25, 0.3) is 0 Å². The summed E-state index contributed by atoms with van der Waals surface area (Å²) >= 11 is 8.33. The number of nitrogens with two attached hydrogens (primary N) is 2. The van der Waals surface area contributed by atoms with Crippen LogP contribution in [0.5, 0.6) is 5.75 Å². The molecule has 2 aromatic heterocycles. The van der Waals surface area contributed by atoms with Crippen LogP contribution < -0.4 is 96.5 Å². The summed E-state index contributed by atoms with van der Waals surface area (Å²) in [6, 6.07) is -1.76. The molecule has 1 fully saturated rings.